The quantitative estimate of drug-likeness (QED) is 0.493. The normalized spacial score (nSPS) is 15.3. The Hall–Kier alpha value is -3.23. The number of carbonyl (C=O) groups excluding carboxylic acids is 1. The van der Waals surface area contributed by atoms with Gasteiger partial charge in [-0.25, -0.2) is 8.42 Å². The molecule has 1 aliphatic rings. The van der Waals surface area contributed by atoms with E-state index in [1.165, 1.54) is 22.5 Å². The molecule has 9 heteroatoms. The van der Waals surface area contributed by atoms with Crippen molar-refractivity contribution in [2.45, 2.75) is 24.8 Å². The fraction of sp³-hybridized carbons (Fsp3) is 0.240. The molecule has 0 saturated carbocycles. The molecule has 0 aliphatic carbocycles. The second-order valence-electron chi connectivity index (χ2n) is 7.98. The van der Waals surface area contributed by atoms with Crippen LogP contribution in [0.25, 0.3) is 0 Å². The molecule has 3 aromatic rings. The van der Waals surface area contributed by atoms with Crippen molar-refractivity contribution in [3.8, 4) is 11.5 Å². The molecule has 7 nitrogen and oxygen atoms in total. The molecule has 0 aromatic heterocycles. The van der Waals surface area contributed by atoms with Gasteiger partial charge in [0, 0.05) is 5.02 Å². The average Bonchev–Trinajstić information content (AvgIpc) is 2.82. The van der Waals surface area contributed by atoms with E-state index in [0.717, 1.165) is 16.9 Å². The number of amides is 1. The van der Waals surface area contributed by atoms with Crippen LogP contribution in [0, 0.1) is 13.8 Å². The van der Waals surface area contributed by atoms with Crippen molar-refractivity contribution in [1.29, 1.82) is 0 Å². The van der Waals surface area contributed by atoms with Crippen LogP contribution in [-0.4, -0.2) is 40.1 Å². The van der Waals surface area contributed by atoms with Gasteiger partial charge >= 0.3 is 0 Å². The molecule has 0 fully saturated rings. The number of benzene rings is 3. The van der Waals surface area contributed by atoms with E-state index in [4.69, 9.17) is 21.1 Å². The molecule has 1 unspecified atom stereocenters. The zero-order chi connectivity index (χ0) is 24.3. The van der Waals surface area contributed by atoms with Gasteiger partial charge in [0.15, 0.2) is 6.10 Å². The molecule has 0 saturated heterocycles. The molecule has 3 aromatic carbocycles. The summed E-state index contributed by atoms with van der Waals surface area (Å²) >= 11 is 6.12. The lowest BCUT2D eigenvalue weighted by Crippen LogP contribution is -2.51. The van der Waals surface area contributed by atoms with Crippen molar-refractivity contribution < 1.29 is 22.7 Å². The van der Waals surface area contributed by atoms with E-state index in [1.54, 1.807) is 30.3 Å². The number of fused-ring (bicyclic) bond motifs is 1. The van der Waals surface area contributed by atoms with Crippen LogP contribution in [0.5, 0.6) is 11.5 Å². The highest BCUT2D eigenvalue weighted by atomic mass is 35.5. The van der Waals surface area contributed by atoms with Gasteiger partial charge in [-0.15, -0.1) is 0 Å². The number of aryl methyl sites for hydroxylation is 2. The first-order chi connectivity index (χ1) is 16.3. The van der Waals surface area contributed by atoms with Crippen molar-refractivity contribution in [2.24, 2.45) is 0 Å². The van der Waals surface area contributed by atoms with Crippen molar-refractivity contribution in [2.75, 3.05) is 24.0 Å². The Labute approximate surface area is 204 Å². The number of nitrogens with zero attached hydrogens (tertiary/aromatic N) is 1. The van der Waals surface area contributed by atoms with Gasteiger partial charge in [0.1, 0.15) is 18.1 Å². The van der Waals surface area contributed by atoms with E-state index in [2.05, 4.69) is 5.32 Å². The van der Waals surface area contributed by atoms with E-state index in [1.807, 2.05) is 32.0 Å². The summed E-state index contributed by atoms with van der Waals surface area (Å²) in [7, 11) is -3.94. The molecule has 0 radical (unpaired) electrons. The van der Waals surface area contributed by atoms with Gasteiger partial charge in [-0.1, -0.05) is 47.5 Å². The molecule has 178 valence electrons. The summed E-state index contributed by atoms with van der Waals surface area (Å²) in [6.07, 6.45) is -1.03. The number of hydrogen-bond acceptors (Lipinski definition) is 5. The second kappa shape index (κ2) is 9.95. The van der Waals surface area contributed by atoms with E-state index < -0.39 is 22.0 Å². The van der Waals surface area contributed by atoms with Gasteiger partial charge in [0.2, 0.25) is 0 Å². The van der Waals surface area contributed by atoms with Gasteiger partial charge in [-0.3, -0.25) is 9.10 Å². The Morgan fingerprint density at radius 2 is 1.88 bits per heavy atom. The minimum Gasteiger partial charge on any atom is -0.491 e. The van der Waals surface area contributed by atoms with Crippen LogP contribution in [0.3, 0.4) is 0 Å². The summed E-state index contributed by atoms with van der Waals surface area (Å²) in [6.45, 7) is 4.29. The SMILES string of the molecule is Cc1ccc(OCCNC(=O)C2CN(S(=O)(=O)c3ccccc3)c3cc(Cl)ccc3O2)c(C)c1. The van der Waals surface area contributed by atoms with Crippen LogP contribution in [-0.2, 0) is 14.8 Å². The van der Waals surface area contributed by atoms with E-state index >= 15 is 0 Å². The van der Waals surface area contributed by atoms with Crippen LogP contribution in [0.2, 0.25) is 5.02 Å². The van der Waals surface area contributed by atoms with Crippen LogP contribution in [0.1, 0.15) is 11.1 Å². The number of hydrogen-bond donors (Lipinski definition) is 1. The average molecular weight is 501 g/mol. The number of anilines is 1. The first-order valence-corrected chi connectivity index (χ1v) is 12.6. The molecule has 1 amide bonds. The van der Waals surface area contributed by atoms with Gasteiger partial charge in [0.25, 0.3) is 15.9 Å². The molecule has 1 aliphatic heterocycles. The molecule has 1 N–H and O–H groups in total. The van der Waals surface area contributed by atoms with E-state index in [9.17, 15) is 13.2 Å². The van der Waals surface area contributed by atoms with Crippen LogP contribution in [0.4, 0.5) is 5.69 Å². The number of ether oxygens (including phenoxy) is 2. The van der Waals surface area contributed by atoms with Crippen molar-refractivity contribution in [3.05, 3.63) is 82.9 Å². The first-order valence-electron chi connectivity index (χ1n) is 10.8. The lowest BCUT2D eigenvalue weighted by Gasteiger charge is -2.34. The Kier molecular flexibility index (Phi) is 7.00. The topological polar surface area (TPSA) is 84.9 Å². The molecular formula is C25H25ClN2O5S. The highest BCUT2D eigenvalue weighted by molar-refractivity contribution is 7.92. The van der Waals surface area contributed by atoms with E-state index in [-0.39, 0.29) is 30.3 Å². The van der Waals surface area contributed by atoms with Gasteiger partial charge in [-0.05, 0) is 55.8 Å². The maximum absolute atomic E-state index is 13.4. The highest BCUT2D eigenvalue weighted by Gasteiger charge is 2.37. The molecule has 1 atom stereocenters. The summed E-state index contributed by atoms with van der Waals surface area (Å²) < 4.78 is 39.5. The minimum atomic E-state index is -3.94. The van der Waals surface area contributed by atoms with Crippen molar-refractivity contribution in [1.82, 2.24) is 5.32 Å². The summed E-state index contributed by atoms with van der Waals surface area (Å²) in [6, 6.07) is 18.6. The summed E-state index contributed by atoms with van der Waals surface area (Å²) in [5, 5.41) is 3.13. The molecule has 4 rings (SSSR count). The highest BCUT2D eigenvalue weighted by Crippen LogP contribution is 2.38. The third kappa shape index (κ3) is 5.13. The standard InChI is InChI=1S/C25H25ClN2O5S/c1-17-8-10-22(18(2)14-17)32-13-12-27-25(29)24-16-28(21-15-19(26)9-11-23(21)33-24)34(30,31)20-6-4-3-5-7-20/h3-11,14-15,24H,12-13,16H2,1-2H3,(H,27,29). The zero-order valence-corrected chi connectivity index (χ0v) is 20.4. The van der Waals surface area contributed by atoms with Crippen LogP contribution < -0.4 is 19.1 Å². The molecule has 0 spiro atoms. The smallest absolute Gasteiger partial charge is 0.264 e. The number of halogens is 1. The van der Waals surface area contributed by atoms with Gasteiger partial charge in [0.05, 0.1) is 23.7 Å². The number of rotatable bonds is 7. The Morgan fingerprint density at radius 1 is 1.12 bits per heavy atom. The fourth-order valence-corrected chi connectivity index (χ4v) is 5.37. The summed E-state index contributed by atoms with van der Waals surface area (Å²) in [4.78, 5) is 13.0. The predicted molar refractivity (Wildman–Crippen MR) is 131 cm³/mol. The second-order valence-corrected chi connectivity index (χ2v) is 10.3. The first kappa shape index (κ1) is 23.9. The van der Waals surface area contributed by atoms with Crippen molar-refractivity contribution >= 4 is 33.2 Å². The Bertz CT molecular complexity index is 1300. The van der Waals surface area contributed by atoms with Crippen LogP contribution in [0.15, 0.2) is 71.6 Å². The molecular weight excluding hydrogens is 476 g/mol. The zero-order valence-electron chi connectivity index (χ0n) is 18.8. The number of sulfonamides is 1. The molecule has 34 heavy (non-hydrogen) atoms. The van der Waals surface area contributed by atoms with Crippen molar-refractivity contribution in [3.63, 3.8) is 0 Å². The van der Waals surface area contributed by atoms with Gasteiger partial charge < -0.3 is 14.8 Å². The molecule has 1 heterocycles. The lowest BCUT2D eigenvalue weighted by atomic mass is 10.1. The predicted octanol–water partition coefficient (Wildman–Crippen LogP) is 4.11. The largest absolute Gasteiger partial charge is 0.491 e. The Balaban J connectivity index is 1.47. The Morgan fingerprint density at radius 3 is 2.62 bits per heavy atom. The number of nitrogens with one attached hydrogen (secondary N) is 1. The third-order valence-electron chi connectivity index (χ3n) is 5.40. The van der Waals surface area contributed by atoms with Crippen LogP contribution >= 0.6 is 11.6 Å². The number of carbonyl (C=O) groups is 1. The third-order valence-corrected chi connectivity index (χ3v) is 7.43. The lowest BCUT2D eigenvalue weighted by molar-refractivity contribution is -0.127. The monoisotopic (exact) mass is 500 g/mol. The summed E-state index contributed by atoms with van der Waals surface area (Å²) in [5.41, 5.74) is 2.45. The summed E-state index contributed by atoms with van der Waals surface area (Å²) in [5.74, 6) is 0.583. The fourth-order valence-electron chi connectivity index (χ4n) is 3.72. The minimum absolute atomic E-state index is 0.115. The maximum atomic E-state index is 13.4. The van der Waals surface area contributed by atoms with Gasteiger partial charge in [-0.2, -0.15) is 0 Å². The maximum Gasteiger partial charge on any atom is 0.264 e. The molecule has 0 bridgehead atoms. The van der Waals surface area contributed by atoms with E-state index in [0.29, 0.717) is 10.7 Å².